The zero-order chi connectivity index (χ0) is 24.7. The average Bonchev–Trinajstić information content (AvgIpc) is 3.11. The summed E-state index contributed by atoms with van der Waals surface area (Å²) in [6.45, 7) is 10.3. The van der Waals surface area contributed by atoms with Crippen molar-refractivity contribution >= 4 is 23.7 Å². The molecule has 1 aromatic rings. The normalized spacial score (nSPS) is 24.2. The number of hydrogen-bond donors (Lipinski definition) is 1. The monoisotopic (exact) mass is 469 g/mol. The van der Waals surface area contributed by atoms with Crippen LogP contribution < -0.4 is 5.32 Å². The summed E-state index contributed by atoms with van der Waals surface area (Å²) in [4.78, 5) is 53.3. The number of nitrogens with one attached hydrogen (secondary N) is 1. The van der Waals surface area contributed by atoms with E-state index in [2.05, 4.69) is 16.3 Å². The van der Waals surface area contributed by atoms with Gasteiger partial charge in [0.05, 0.1) is 6.42 Å². The number of ether oxygens (including phenoxy) is 1. The molecular formula is C26H35N3O5. The maximum atomic E-state index is 13.3. The molecule has 3 heterocycles. The van der Waals surface area contributed by atoms with E-state index in [0.717, 1.165) is 37.1 Å². The van der Waals surface area contributed by atoms with Crippen LogP contribution in [-0.4, -0.2) is 64.3 Å². The molecule has 8 nitrogen and oxygen atoms in total. The molecular weight excluding hydrogens is 434 g/mol. The van der Waals surface area contributed by atoms with Crippen molar-refractivity contribution in [3.8, 4) is 0 Å². The van der Waals surface area contributed by atoms with Crippen LogP contribution in [0, 0.1) is 0 Å². The molecule has 4 rings (SSSR count). The van der Waals surface area contributed by atoms with Crippen molar-refractivity contribution < 1.29 is 23.9 Å². The lowest BCUT2D eigenvalue weighted by Crippen LogP contribution is -2.61. The molecule has 34 heavy (non-hydrogen) atoms. The predicted molar refractivity (Wildman–Crippen MR) is 126 cm³/mol. The fraction of sp³-hybridized carbons (Fsp3) is 0.615. The van der Waals surface area contributed by atoms with Gasteiger partial charge in [0, 0.05) is 25.1 Å². The van der Waals surface area contributed by atoms with Crippen molar-refractivity contribution in [1.29, 1.82) is 0 Å². The summed E-state index contributed by atoms with van der Waals surface area (Å²) in [7, 11) is 0. The van der Waals surface area contributed by atoms with Gasteiger partial charge in [-0.3, -0.25) is 24.5 Å². The maximum absolute atomic E-state index is 13.3. The summed E-state index contributed by atoms with van der Waals surface area (Å²) in [5.41, 5.74) is 1.27. The first-order chi connectivity index (χ1) is 16.0. The lowest BCUT2D eigenvalue weighted by Gasteiger charge is -2.39. The van der Waals surface area contributed by atoms with Crippen LogP contribution in [0.15, 0.2) is 18.2 Å². The highest BCUT2D eigenvalue weighted by atomic mass is 16.6. The van der Waals surface area contributed by atoms with Crippen LogP contribution in [0.4, 0.5) is 0 Å². The molecule has 0 saturated carbocycles. The summed E-state index contributed by atoms with van der Waals surface area (Å²) in [6.07, 6.45) is 2.90. The number of imide groups is 1. The van der Waals surface area contributed by atoms with Gasteiger partial charge in [-0.2, -0.15) is 0 Å². The van der Waals surface area contributed by atoms with E-state index in [-0.39, 0.29) is 24.2 Å². The SMILES string of the molecule is CC(C)(C)OC(=O)CCN1CCC(c2ccc3c(c2)C(=O)N(C2(C)CCC(=O)NC2=O)C3)CC1. The Balaban J connectivity index is 1.35. The molecule has 2 fully saturated rings. The fourth-order valence-electron chi connectivity index (χ4n) is 5.15. The lowest BCUT2D eigenvalue weighted by molar-refractivity contribution is -0.155. The minimum atomic E-state index is -1.01. The third kappa shape index (κ3) is 5.02. The molecule has 2 saturated heterocycles. The smallest absolute Gasteiger partial charge is 0.307 e. The van der Waals surface area contributed by atoms with E-state index in [9.17, 15) is 19.2 Å². The van der Waals surface area contributed by atoms with Crippen LogP contribution in [0.25, 0.3) is 0 Å². The number of likely N-dealkylation sites (tertiary alicyclic amines) is 1. The molecule has 1 N–H and O–H groups in total. The Bertz CT molecular complexity index is 1010. The summed E-state index contributed by atoms with van der Waals surface area (Å²) in [5.74, 6) is -0.633. The van der Waals surface area contributed by atoms with Crippen LogP contribution in [-0.2, 0) is 25.7 Å². The summed E-state index contributed by atoms with van der Waals surface area (Å²) in [6, 6.07) is 6.10. The van der Waals surface area contributed by atoms with E-state index in [1.165, 1.54) is 0 Å². The Kier molecular flexibility index (Phi) is 6.55. The van der Waals surface area contributed by atoms with Crippen molar-refractivity contribution in [3.05, 3.63) is 34.9 Å². The van der Waals surface area contributed by atoms with Crippen molar-refractivity contribution in [2.75, 3.05) is 19.6 Å². The molecule has 0 radical (unpaired) electrons. The van der Waals surface area contributed by atoms with E-state index in [0.29, 0.717) is 37.4 Å². The first-order valence-electron chi connectivity index (χ1n) is 12.2. The second kappa shape index (κ2) is 9.13. The molecule has 1 atom stereocenters. The number of amides is 3. The highest BCUT2D eigenvalue weighted by Gasteiger charge is 2.48. The van der Waals surface area contributed by atoms with Crippen LogP contribution in [0.2, 0.25) is 0 Å². The molecule has 8 heteroatoms. The van der Waals surface area contributed by atoms with Crippen molar-refractivity contribution in [1.82, 2.24) is 15.1 Å². The number of fused-ring (bicyclic) bond motifs is 1. The summed E-state index contributed by atoms with van der Waals surface area (Å²) >= 11 is 0. The Labute approximate surface area is 201 Å². The maximum Gasteiger partial charge on any atom is 0.307 e. The van der Waals surface area contributed by atoms with Gasteiger partial charge in [0.15, 0.2) is 0 Å². The topological polar surface area (TPSA) is 96.0 Å². The number of carbonyl (C=O) groups excluding carboxylic acids is 4. The standard InChI is InChI=1S/C26H35N3O5/c1-25(2,3)34-22(31)10-14-28-12-8-17(9-13-28)18-5-6-19-16-29(23(32)20(19)15-18)26(4)11-7-21(30)27-24(26)33/h5-6,15,17H,7-14,16H2,1-4H3,(H,27,30,33). The Morgan fingerprint density at radius 3 is 2.53 bits per heavy atom. The minimum absolute atomic E-state index is 0.140. The van der Waals surface area contributed by atoms with Crippen molar-refractivity contribution in [2.45, 2.75) is 83.4 Å². The van der Waals surface area contributed by atoms with Gasteiger partial charge < -0.3 is 14.5 Å². The molecule has 0 bridgehead atoms. The zero-order valence-corrected chi connectivity index (χ0v) is 20.6. The molecule has 1 unspecified atom stereocenters. The molecule has 0 aliphatic carbocycles. The van der Waals surface area contributed by atoms with Gasteiger partial charge in [-0.1, -0.05) is 12.1 Å². The molecule has 3 amide bonds. The highest BCUT2D eigenvalue weighted by molar-refractivity contribution is 6.07. The molecule has 0 spiro atoms. The number of hydrogen-bond acceptors (Lipinski definition) is 6. The number of rotatable bonds is 5. The number of piperidine rings is 2. The van der Waals surface area contributed by atoms with Gasteiger partial charge in [-0.15, -0.1) is 0 Å². The van der Waals surface area contributed by atoms with Gasteiger partial charge in [0.25, 0.3) is 11.8 Å². The van der Waals surface area contributed by atoms with E-state index >= 15 is 0 Å². The third-order valence-corrected chi connectivity index (χ3v) is 7.23. The van der Waals surface area contributed by atoms with E-state index < -0.39 is 17.0 Å². The second-order valence-electron chi connectivity index (χ2n) is 10.9. The average molecular weight is 470 g/mol. The highest BCUT2D eigenvalue weighted by Crippen LogP contribution is 2.36. The van der Waals surface area contributed by atoms with Crippen LogP contribution in [0.5, 0.6) is 0 Å². The molecule has 3 aliphatic rings. The van der Waals surface area contributed by atoms with E-state index in [1.54, 1.807) is 11.8 Å². The Morgan fingerprint density at radius 1 is 1.18 bits per heavy atom. The Morgan fingerprint density at radius 2 is 1.88 bits per heavy atom. The van der Waals surface area contributed by atoms with Gasteiger partial charge in [-0.25, -0.2) is 0 Å². The Hall–Kier alpha value is -2.74. The number of esters is 1. The largest absolute Gasteiger partial charge is 0.460 e. The van der Waals surface area contributed by atoms with Crippen LogP contribution >= 0.6 is 0 Å². The van der Waals surface area contributed by atoms with E-state index in [1.807, 2.05) is 32.9 Å². The lowest BCUT2D eigenvalue weighted by atomic mass is 9.87. The first kappa shape index (κ1) is 24.4. The molecule has 1 aromatic carbocycles. The number of benzene rings is 1. The van der Waals surface area contributed by atoms with Crippen LogP contribution in [0.1, 0.15) is 87.2 Å². The first-order valence-corrected chi connectivity index (χ1v) is 12.2. The zero-order valence-electron chi connectivity index (χ0n) is 20.6. The molecule has 3 aliphatic heterocycles. The minimum Gasteiger partial charge on any atom is -0.460 e. The van der Waals surface area contributed by atoms with Gasteiger partial charge >= 0.3 is 5.97 Å². The second-order valence-corrected chi connectivity index (χ2v) is 10.9. The third-order valence-electron chi connectivity index (χ3n) is 7.23. The molecule has 0 aromatic heterocycles. The van der Waals surface area contributed by atoms with Crippen LogP contribution in [0.3, 0.4) is 0 Å². The quantitative estimate of drug-likeness (QED) is 0.526. The van der Waals surface area contributed by atoms with Gasteiger partial charge in [-0.05, 0) is 83.2 Å². The number of carbonyl (C=O) groups is 4. The van der Waals surface area contributed by atoms with Gasteiger partial charge in [0.2, 0.25) is 5.91 Å². The predicted octanol–water partition coefficient (Wildman–Crippen LogP) is 2.75. The molecule has 184 valence electrons. The fourth-order valence-corrected chi connectivity index (χ4v) is 5.15. The van der Waals surface area contributed by atoms with E-state index in [4.69, 9.17) is 4.74 Å². The van der Waals surface area contributed by atoms with Crippen molar-refractivity contribution in [3.63, 3.8) is 0 Å². The summed E-state index contributed by atoms with van der Waals surface area (Å²) in [5, 5.41) is 2.38. The van der Waals surface area contributed by atoms with Gasteiger partial charge in [0.1, 0.15) is 11.1 Å². The van der Waals surface area contributed by atoms with Crippen molar-refractivity contribution in [2.24, 2.45) is 0 Å². The summed E-state index contributed by atoms with van der Waals surface area (Å²) < 4.78 is 5.40. The number of nitrogens with zero attached hydrogens (tertiary/aromatic N) is 2.